The van der Waals surface area contributed by atoms with Gasteiger partial charge in [0.1, 0.15) is 0 Å². The molecule has 0 spiro atoms. The number of hydrogen-bond donors (Lipinski definition) is 1. The van der Waals surface area contributed by atoms with E-state index in [2.05, 4.69) is 43.7 Å². The van der Waals surface area contributed by atoms with E-state index in [9.17, 15) is 0 Å². The van der Waals surface area contributed by atoms with E-state index in [1.165, 1.54) is 18.4 Å². The number of fused-ring (bicyclic) bond motifs is 3. The quantitative estimate of drug-likeness (QED) is 0.805. The molecule has 3 heterocycles. The zero-order valence-corrected chi connectivity index (χ0v) is 12.1. The highest BCUT2D eigenvalue weighted by molar-refractivity contribution is 9.10. The molecule has 1 aromatic heterocycles. The van der Waals surface area contributed by atoms with Crippen molar-refractivity contribution in [3.05, 3.63) is 27.4 Å². The summed E-state index contributed by atoms with van der Waals surface area (Å²) in [4.78, 5) is 3.30. The molecule has 1 aromatic carbocycles. The first kappa shape index (κ1) is 11.2. The van der Waals surface area contributed by atoms with Gasteiger partial charge in [-0.3, -0.25) is 0 Å². The van der Waals surface area contributed by atoms with E-state index in [1.54, 1.807) is 0 Å². The average Bonchev–Trinajstić information content (AvgIpc) is 3.00. The van der Waals surface area contributed by atoms with Crippen LogP contribution in [-0.4, -0.2) is 21.8 Å². The van der Waals surface area contributed by atoms with Gasteiger partial charge in [0, 0.05) is 4.47 Å². The van der Waals surface area contributed by atoms with E-state index in [-0.39, 0.29) is 0 Å². The van der Waals surface area contributed by atoms with Crippen LogP contribution < -0.4 is 0 Å². The van der Waals surface area contributed by atoms with Crippen LogP contribution in [0.1, 0.15) is 25.3 Å². The Bertz CT molecular complexity index is 677. The van der Waals surface area contributed by atoms with Crippen LogP contribution in [-0.2, 0) is 4.74 Å². The first-order valence-electron chi connectivity index (χ1n) is 6.27. The number of nitrogens with zero attached hydrogens (tertiary/aromatic N) is 1. The van der Waals surface area contributed by atoms with Crippen LogP contribution >= 0.6 is 28.1 Å². The second-order valence-corrected chi connectivity index (χ2v) is 6.44. The van der Waals surface area contributed by atoms with Crippen molar-refractivity contribution < 1.29 is 4.74 Å². The molecule has 0 aliphatic carbocycles. The minimum Gasteiger partial charge on any atom is -0.373 e. The minimum absolute atomic E-state index is 0.351. The van der Waals surface area contributed by atoms with Crippen molar-refractivity contribution in [3.63, 3.8) is 0 Å². The van der Waals surface area contributed by atoms with Crippen LogP contribution in [0.3, 0.4) is 0 Å². The van der Waals surface area contributed by atoms with Crippen molar-refractivity contribution in [1.29, 1.82) is 0 Å². The normalized spacial score (nSPS) is 30.4. The van der Waals surface area contributed by atoms with E-state index in [1.807, 2.05) is 0 Å². The molecular weight excluding hydrogens is 312 g/mol. The molecule has 0 radical (unpaired) electrons. The number of benzene rings is 1. The van der Waals surface area contributed by atoms with E-state index in [4.69, 9.17) is 17.0 Å². The van der Waals surface area contributed by atoms with Crippen LogP contribution in [0.5, 0.6) is 0 Å². The van der Waals surface area contributed by atoms with Gasteiger partial charge < -0.3 is 14.3 Å². The molecule has 0 amide bonds. The fraction of sp³-hybridized carbons (Fsp3) is 0.462. The number of H-pyrrole nitrogens is 1. The summed E-state index contributed by atoms with van der Waals surface area (Å²) in [5.41, 5.74) is 2.28. The van der Waals surface area contributed by atoms with Gasteiger partial charge in [-0.1, -0.05) is 15.9 Å². The van der Waals surface area contributed by atoms with Crippen molar-refractivity contribution in [1.82, 2.24) is 9.55 Å². The third kappa shape index (κ3) is 1.54. The van der Waals surface area contributed by atoms with E-state index in [0.717, 1.165) is 21.2 Å². The molecule has 1 N–H and O–H groups in total. The lowest BCUT2D eigenvalue weighted by atomic mass is 9.95. The number of ether oxygens (including phenoxy) is 1. The lowest BCUT2D eigenvalue weighted by Crippen LogP contribution is -2.20. The number of hydrogen-bond acceptors (Lipinski definition) is 2. The van der Waals surface area contributed by atoms with Gasteiger partial charge >= 0.3 is 0 Å². The average molecular weight is 325 g/mol. The van der Waals surface area contributed by atoms with Crippen molar-refractivity contribution in [3.8, 4) is 0 Å². The topological polar surface area (TPSA) is 29.9 Å². The fourth-order valence-corrected chi connectivity index (χ4v) is 4.02. The van der Waals surface area contributed by atoms with Crippen LogP contribution in [0.2, 0.25) is 0 Å². The Morgan fingerprint density at radius 1 is 1.39 bits per heavy atom. The van der Waals surface area contributed by atoms with Gasteiger partial charge in [0.2, 0.25) is 0 Å². The number of rotatable bonds is 1. The van der Waals surface area contributed by atoms with Crippen LogP contribution in [0.15, 0.2) is 22.7 Å². The van der Waals surface area contributed by atoms with Gasteiger partial charge in [-0.05, 0) is 49.7 Å². The predicted octanol–water partition coefficient (Wildman–Crippen LogP) is 3.95. The lowest BCUT2D eigenvalue weighted by Gasteiger charge is -2.20. The van der Waals surface area contributed by atoms with Crippen LogP contribution in [0.4, 0.5) is 0 Å². The highest BCUT2D eigenvalue weighted by Gasteiger charge is 2.42. The lowest BCUT2D eigenvalue weighted by molar-refractivity contribution is 0.0941. The van der Waals surface area contributed by atoms with Gasteiger partial charge in [-0.25, -0.2) is 0 Å². The number of nitrogens with one attached hydrogen (secondary N) is 1. The third-order valence-electron chi connectivity index (χ3n) is 4.08. The minimum atomic E-state index is 0.351. The zero-order valence-electron chi connectivity index (χ0n) is 9.73. The maximum atomic E-state index is 5.95. The largest absolute Gasteiger partial charge is 0.373 e. The zero-order chi connectivity index (χ0) is 12.3. The Labute approximate surface area is 118 Å². The maximum absolute atomic E-state index is 5.95. The van der Waals surface area contributed by atoms with Gasteiger partial charge in [-0.15, -0.1) is 0 Å². The maximum Gasteiger partial charge on any atom is 0.178 e. The smallest absolute Gasteiger partial charge is 0.178 e. The number of aromatic nitrogens is 2. The first-order chi connectivity index (χ1) is 8.72. The molecule has 3 unspecified atom stereocenters. The summed E-state index contributed by atoms with van der Waals surface area (Å²) >= 11 is 8.98. The molecule has 2 aliphatic rings. The molecule has 2 saturated heterocycles. The van der Waals surface area contributed by atoms with Gasteiger partial charge in [-0.2, -0.15) is 0 Å². The SMILES string of the molecule is S=c1[nH]c2cc(Br)ccc2n1C1CC2CCC1O2. The van der Waals surface area contributed by atoms with Gasteiger partial charge in [0.15, 0.2) is 4.77 Å². The van der Waals surface area contributed by atoms with E-state index < -0.39 is 0 Å². The number of halogens is 1. The molecule has 94 valence electrons. The molecular formula is C13H13BrN2OS. The van der Waals surface area contributed by atoms with Gasteiger partial charge in [0.05, 0.1) is 29.3 Å². The fourth-order valence-electron chi connectivity index (χ4n) is 3.32. The Balaban J connectivity index is 1.90. The number of imidazole rings is 1. The summed E-state index contributed by atoms with van der Waals surface area (Å²) in [6, 6.07) is 6.68. The molecule has 0 saturated carbocycles. The summed E-state index contributed by atoms with van der Waals surface area (Å²) in [5.74, 6) is 0. The first-order valence-corrected chi connectivity index (χ1v) is 7.48. The molecule has 2 bridgehead atoms. The second-order valence-electron chi connectivity index (χ2n) is 5.14. The highest BCUT2D eigenvalue weighted by Crippen LogP contribution is 2.43. The standard InChI is InChI=1S/C13H13BrN2OS/c14-7-1-3-10-9(5-7)15-13(18)16(10)11-6-8-2-4-12(11)17-8/h1,3,5,8,11-12H,2,4,6H2,(H,15,18). The van der Waals surface area contributed by atoms with Crippen molar-refractivity contribution >= 4 is 39.2 Å². The molecule has 2 aliphatic heterocycles. The highest BCUT2D eigenvalue weighted by atomic mass is 79.9. The predicted molar refractivity (Wildman–Crippen MR) is 76.4 cm³/mol. The molecule has 3 nitrogen and oxygen atoms in total. The molecule has 2 fully saturated rings. The Kier molecular flexibility index (Phi) is 2.44. The van der Waals surface area contributed by atoms with Crippen LogP contribution in [0, 0.1) is 4.77 Å². The Morgan fingerprint density at radius 3 is 3.00 bits per heavy atom. The van der Waals surface area contributed by atoms with Gasteiger partial charge in [0.25, 0.3) is 0 Å². The summed E-state index contributed by atoms with van der Waals surface area (Å²) in [6.45, 7) is 0. The monoisotopic (exact) mass is 324 g/mol. The molecule has 18 heavy (non-hydrogen) atoms. The summed E-state index contributed by atoms with van der Waals surface area (Å²) < 4.78 is 10.1. The van der Waals surface area contributed by atoms with E-state index in [0.29, 0.717) is 18.2 Å². The summed E-state index contributed by atoms with van der Waals surface area (Å²) in [7, 11) is 0. The summed E-state index contributed by atoms with van der Waals surface area (Å²) in [5, 5.41) is 0. The van der Waals surface area contributed by atoms with Crippen molar-refractivity contribution in [2.75, 3.05) is 0 Å². The second kappa shape index (κ2) is 3.92. The Hall–Kier alpha value is -0.650. The van der Waals surface area contributed by atoms with Crippen molar-refractivity contribution in [2.45, 2.75) is 37.5 Å². The van der Waals surface area contributed by atoms with E-state index >= 15 is 0 Å². The Morgan fingerprint density at radius 2 is 2.28 bits per heavy atom. The molecule has 4 rings (SSSR count). The molecule has 2 aromatic rings. The van der Waals surface area contributed by atoms with Crippen LogP contribution in [0.25, 0.3) is 11.0 Å². The molecule has 3 atom stereocenters. The summed E-state index contributed by atoms with van der Waals surface area (Å²) in [6.07, 6.45) is 4.27. The van der Waals surface area contributed by atoms with Crippen molar-refractivity contribution in [2.24, 2.45) is 0 Å². The third-order valence-corrected chi connectivity index (χ3v) is 4.88. The number of aromatic amines is 1. The molecule has 5 heteroatoms.